The molecule has 8 saturated carbocycles. The van der Waals surface area contributed by atoms with Crippen molar-refractivity contribution in [1.82, 2.24) is 24.2 Å². The van der Waals surface area contributed by atoms with Gasteiger partial charge in [0.25, 0.3) is 0 Å². The molecule has 8 fully saturated rings. The average molecular weight is 922 g/mol. The number of aromatic nitrogens is 4. The van der Waals surface area contributed by atoms with Crippen LogP contribution in [-0.4, -0.2) is 71.4 Å². The van der Waals surface area contributed by atoms with Gasteiger partial charge in [0.05, 0.1) is 24.7 Å². The van der Waals surface area contributed by atoms with Gasteiger partial charge in [-0.25, -0.2) is 15.0 Å². The average Bonchev–Trinajstić information content (AvgIpc) is 4.07. The van der Waals surface area contributed by atoms with Crippen molar-refractivity contribution in [2.75, 3.05) is 14.2 Å². The Morgan fingerprint density at radius 3 is 1.58 bits per heavy atom. The number of rotatable bonds is 6. The Hall–Kier alpha value is -1.96. The van der Waals surface area contributed by atoms with E-state index in [0.29, 0.717) is 18.1 Å². The first-order valence-corrected chi connectivity index (χ1v) is 26.8. The molecule has 2 N–H and O–H groups in total. The van der Waals surface area contributed by atoms with E-state index in [1.54, 1.807) is 26.6 Å². The SMILES string of the molecule is CON(C)C(=O)[C@H]1CC[C@H]2[C@@H]3CC[C@@H]4C[C@](C)(O)CC[C@@H]4[C@H]3CC[C@]12C.Cc1nccn1C.Cn1ccnc1CC(=O)[C@H]1CC[C@H]2[C@@H]3CC[C@@H]4C[C@](C)(O)CC[C@@H]4[C@H]3CC[C@]12C.[CH2-]CCC.[Li+]. The number of unbranched alkanes of at least 4 members (excludes halogenated alkanes) is 1. The molecule has 10 rings (SSSR count). The van der Waals surface area contributed by atoms with Crippen LogP contribution in [0.1, 0.15) is 175 Å². The van der Waals surface area contributed by atoms with Crippen LogP contribution in [0.5, 0.6) is 0 Å². The smallest absolute Gasteiger partial charge is 0.390 e. The Morgan fingerprint density at radius 1 is 0.701 bits per heavy atom. The molecule has 0 bridgehead atoms. The molecular formula is C56H92LiN5O5. The van der Waals surface area contributed by atoms with E-state index in [9.17, 15) is 19.8 Å². The van der Waals surface area contributed by atoms with Gasteiger partial charge in [-0.15, -0.1) is 0 Å². The monoisotopic (exact) mass is 922 g/mol. The fourth-order valence-electron chi connectivity index (χ4n) is 16.7. The van der Waals surface area contributed by atoms with Crippen molar-refractivity contribution in [3.05, 3.63) is 43.4 Å². The van der Waals surface area contributed by atoms with Crippen molar-refractivity contribution in [3.63, 3.8) is 0 Å². The normalized spacial score (nSPS) is 41.2. The molecule has 11 heteroatoms. The minimum Gasteiger partial charge on any atom is -0.390 e. The zero-order chi connectivity index (χ0) is 47.8. The van der Waals surface area contributed by atoms with Gasteiger partial charge in [0.1, 0.15) is 17.4 Å². The van der Waals surface area contributed by atoms with Gasteiger partial charge in [-0.05, 0) is 206 Å². The summed E-state index contributed by atoms with van der Waals surface area (Å²) in [5, 5.41) is 22.5. The second-order valence-electron chi connectivity index (χ2n) is 24.3. The number of amides is 1. The predicted molar refractivity (Wildman–Crippen MR) is 262 cm³/mol. The molecule has 16 atom stereocenters. The topological polar surface area (TPSA) is 123 Å². The van der Waals surface area contributed by atoms with Crippen LogP contribution in [0.4, 0.5) is 0 Å². The zero-order valence-electron chi connectivity index (χ0n) is 44.1. The Bertz CT molecular complexity index is 1910. The molecule has 2 aromatic rings. The second kappa shape index (κ2) is 22.2. The maximum Gasteiger partial charge on any atom is 1.00 e. The number of Topliss-reactive ketones (excluding diaryl/α,β-unsaturated/α-hetero) is 1. The summed E-state index contributed by atoms with van der Waals surface area (Å²) in [4.78, 5) is 39.8. The van der Waals surface area contributed by atoms with E-state index >= 15 is 0 Å². The van der Waals surface area contributed by atoms with Crippen molar-refractivity contribution in [2.24, 2.45) is 95.9 Å². The summed E-state index contributed by atoms with van der Waals surface area (Å²) < 4.78 is 3.96. The van der Waals surface area contributed by atoms with Crippen LogP contribution in [0.15, 0.2) is 24.8 Å². The van der Waals surface area contributed by atoms with Gasteiger partial charge in [-0.2, -0.15) is 6.42 Å². The number of carbonyl (C=O) groups excluding carboxylic acids is 2. The molecule has 0 radical (unpaired) electrons. The van der Waals surface area contributed by atoms with Gasteiger partial charge in [0, 0.05) is 57.8 Å². The van der Waals surface area contributed by atoms with E-state index < -0.39 is 11.2 Å². The minimum atomic E-state index is -0.438. The van der Waals surface area contributed by atoms with Crippen LogP contribution in [0.3, 0.4) is 0 Å². The maximum atomic E-state index is 13.3. The van der Waals surface area contributed by atoms with E-state index in [1.165, 1.54) is 88.5 Å². The molecule has 372 valence electrons. The third-order valence-corrected chi connectivity index (χ3v) is 20.4. The first kappa shape index (κ1) is 54.4. The van der Waals surface area contributed by atoms with Gasteiger partial charge >= 0.3 is 18.9 Å². The van der Waals surface area contributed by atoms with Gasteiger partial charge < -0.3 is 26.3 Å². The molecule has 10 nitrogen and oxygen atoms in total. The molecule has 0 aromatic carbocycles. The quantitative estimate of drug-likeness (QED) is 0.172. The Labute approximate surface area is 418 Å². The maximum absolute atomic E-state index is 13.3. The first-order chi connectivity index (χ1) is 31.3. The third-order valence-electron chi connectivity index (χ3n) is 20.4. The molecular weight excluding hydrogens is 830 g/mol. The minimum absolute atomic E-state index is 0. The fraction of sp³-hybridized carbons (Fsp3) is 0.839. The zero-order valence-corrected chi connectivity index (χ0v) is 44.1. The Balaban J connectivity index is 0.000000179. The summed E-state index contributed by atoms with van der Waals surface area (Å²) in [6.45, 7) is 16.6. The molecule has 0 unspecified atom stereocenters. The van der Waals surface area contributed by atoms with Crippen LogP contribution in [0.2, 0.25) is 0 Å². The van der Waals surface area contributed by atoms with Crippen LogP contribution >= 0.6 is 0 Å². The molecule has 8 aliphatic rings. The van der Waals surface area contributed by atoms with Crippen LogP contribution in [0.25, 0.3) is 0 Å². The van der Waals surface area contributed by atoms with Crippen molar-refractivity contribution in [1.29, 1.82) is 0 Å². The summed E-state index contributed by atoms with van der Waals surface area (Å²) in [6, 6.07) is 0. The van der Waals surface area contributed by atoms with Crippen molar-refractivity contribution in [3.8, 4) is 0 Å². The van der Waals surface area contributed by atoms with Gasteiger partial charge in [0.15, 0.2) is 0 Å². The Kier molecular flexibility index (Phi) is 18.0. The molecule has 0 spiro atoms. The van der Waals surface area contributed by atoms with Gasteiger partial charge in [0.2, 0.25) is 5.91 Å². The molecule has 2 heterocycles. The fourth-order valence-corrected chi connectivity index (χ4v) is 16.7. The Morgan fingerprint density at radius 2 is 1.16 bits per heavy atom. The number of nitrogens with zero attached hydrogens (tertiary/aromatic N) is 5. The summed E-state index contributed by atoms with van der Waals surface area (Å²) >= 11 is 0. The van der Waals surface area contributed by atoms with E-state index in [4.69, 9.17) is 4.84 Å². The number of hydroxylamine groups is 2. The predicted octanol–water partition coefficient (Wildman–Crippen LogP) is 7.93. The number of aliphatic hydroxyl groups is 2. The van der Waals surface area contributed by atoms with Crippen molar-refractivity contribution >= 4 is 11.7 Å². The van der Waals surface area contributed by atoms with Gasteiger partial charge in [-0.1, -0.05) is 27.2 Å². The van der Waals surface area contributed by atoms with Crippen LogP contribution in [-0.2, 0) is 34.9 Å². The summed E-state index contributed by atoms with van der Waals surface area (Å²) in [7, 11) is 7.30. The second-order valence-corrected chi connectivity index (χ2v) is 24.3. The number of imidazole rings is 2. The first-order valence-electron chi connectivity index (χ1n) is 26.8. The summed E-state index contributed by atoms with van der Waals surface area (Å²) in [6.07, 6.45) is 31.3. The van der Waals surface area contributed by atoms with Crippen LogP contribution in [0, 0.1) is 95.7 Å². The number of hydrogen-bond donors (Lipinski definition) is 2. The van der Waals surface area contributed by atoms with E-state index in [0.717, 1.165) is 110 Å². The third kappa shape index (κ3) is 11.4. The van der Waals surface area contributed by atoms with E-state index in [1.807, 2.05) is 56.4 Å². The van der Waals surface area contributed by atoms with E-state index in [-0.39, 0.29) is 47.4 Å². The summed E-state index contributed by atoms with van der Waals surface area (Å²) in [5.74, 6) is 10.7. The molecule has 0 saturated heterocycles. The summed E-state index contributed by atoms with van der Waals surface area (Å²) in [5.41, 5.74) is -0.533. The number of fused-ring (bicyclic) bond motifs is 10. The number of ketones is 1. The van der Waals surface area contributed by atoms with Crippen molar-refractivity contribution < 1.29 is 43.5 Å². The molecule has 8 aliphatic carbocycles. The molecule has 1 amide bonds. The number of carbonyl (C=O) groups is 2. The molecule has 2 aromatic heterocycles. The largest absolute Gasteiger partial charge is 1.00 e. The molecule has 0 aliphatic heterocycles. The van der Waals surface area contributed by atoms with Crippen LogP contribution < -0.4 is 18.9 Å². The standard InChI is InChI=1S/C25H38N2O2.C22H37NO3.C5H8N2.C4H9.Li/c1-24(29)10-8-17-16(15-24)4-5-19-18(17)9-11-25(2)20(19)6-7-21(25)22(28)14-23-26-12-13-27(23)3;1-21(25)11-9-15-14(13-21)5-6-17-16(15)10-12-22(2)18(17)7-8-19(22)20(24)23(3)26-4;1-5-6-3-4-7(5)2;1-3-4-2;/h12-13,16-21,29H,4-11,14-15H2,1-3H3;14-19,25H,5-13H2,1-4H3;3-4H,1-2H3;1,3-4H2,2H3;/q;;;-1;+1/t16-,17+,18-,19-,20+,21-,24-,25+;14-,15+,16-,17-,18+,19-,21-,22+;;;/m11.../s1. The molecule has 67 heavy (non-hydrogen) atoms. The van der Waals surface area contributed by atoms with Gasteiger partial charge in [-0.3, -0.25) is 14.4 Å². The van der Waals surface area contributed by atoms with Crippen molar-refractivity contribution in [2.45, 2.75) is 188 Å². The number of aryl methyl sites for hydroxylation is 3. The van der Waals surface area contributed by atoms with E-state index in [2.05, 4.69) is 37.7 Å². The number of hydrogen-bond acceptors (Lipinski definition) is 7.